The minimum absolute atomic E-state index is 0.103. The van der Waals surface area contributed by atoms with Crippen molar-refractivity contribution < 1.29 is 23.7 Å². The van der Waals surface area contributed by atoms with E-state index in [1.165, 1.54) is 6.33 Å². The molecule has 2 aliphatic heterocycles. The number of nitrogens with one attached hydrogen (secondary N) is 1. The van der Waals surface area contributed by atoms with Crippen molar-refractivity contribution in [2.24, 2.45) is 0 Å². The standard InChI is InChI=1S/C31H45N7O5/c1-7-14-37(15-13-21(16-20-11-9-8-10-12-20)36-29(39)43-30(2,3)4)17-22-24-25(42-31(5,6)41-24)28(40-22)38-19-35-23-26(32)33-18-34-27(23)38/h8-12,18-19,21-22,24-25,28H,7,13-17H2,1-6H3,(H,36,39)(H2,32,33,34)/t21-,22+,24+,25+,28+/m0/s1. The first-order valence-electron chi connectivity index (χ1n) is 15.1. The molecule has 0 spiro atoms. The number of carbonyl (C=O) groups is 1. The second kappa shape index (κ2) is 12.7. The van der Waals surface area contributed by atoms with Crippen molar-refractivity contribution >= 4 is 23.1 Å². The Morgan fingerprint density at radius 3 is 2.60 bits per heavy atom. The van der Waals surface area contributed by atoms with Gasteiger partial charge in [-0.2, -0.15) is 0 Å². The number of carbonyl (C=O) groups excluding carboxylic acids is 1. The van der Waals surface area contributed by atoms with Gasteiger partial charge in [0.2, 0.25) is 0 Å². The summed E-state index contributed by atoms with van der Waals surface area (Å²) in [6.45, 7) is 13.9. The molecule has 3 aromatic rings. The number of nitrogens with two attached hydrogens (primary N) is 1. The average Bonchev–Trinajstić information content (AvgIpc) is 3.58. The van der Waals surface area contributed by atoms with Gasteiger partial charge in [0.15, 0.2) is 23.5 Å². The number of rotatable bonds is 11. The maximum Gasteiger partial charge on any atom is 0.407 e. The highest BCUT2D eigenvalue weighted by Crippen LogP contribution is 2.44. The predicted molar refractivity (Wildman–Crippen MR) is 162 cm³/mol. The zero-order valence-corrected chi connectivity index (χ0v) is 26.0. The number of benzene rings is 1. The summed E-state index contributed by atoms with van der Waals surface area (Å²) in [4.78, 5) is 28.0. The Kier molecular flexibility index (Phi) is 9.21. The summed E-state index contributed by atoms with van der Waals surface area (Å²) in [5, 5.41) is 3.11. The molecule has 5 atom stereocenters. The van der Waals surface area contributed by atoms with E-state index in [1.54, 1.807) is 6.33 Å². The average molecular weight is 596 g/mol. The largest absolute Gasteiger partial charge is 0.444 e. The lowest BCUT2D eigenvalue weighted by molar-refractivity contribution is -0.198. The van der Waals surface area contributed by atoms with Gasteiger partial charge >= 0.3 is 6.09 Å². The predicted octanol–water partition coefficient (Wildman–Crippen LogP) is 4.06. The number of hydrogen-bond donors (Lipinski definition) is 2. The summed E-state index contributed by atoms with van der Waals surface area (Å²) in [7, 11) is 0. The molecule has 0 aliphatic carbocycles. The number of hydrogen-bond acceptors (Lipinski definition) is 10. The van der Waals surface area contributed by atoms with Crippen LogP contribution in [-0.2, 0) is 25.4 Å². The fourth-order valence-corrected chi connectivity index (χ4v) is 5.89. The molecule has 4 heterocycles. The molecule has 0 saturated carbocycles. The third-order valence-electron chi connectivity index (χ3n) is 7.60. The second-order valence-electron chi connectivity index (χ2n) is 12.8. The summed E-state index contributed by atoms with van der Waals surface area (Å²) in [6, 6.07) is 10.1. The Labute approximate surface area is 253 Å². The van der Waals surface area contributed by atoms with Gasteiger partial charge in [-0.15, -0.1) is 0 Å². The van der Waals surface area contributed by atoms with Crippen molar-refractivity contribution in [3.63, 3.8) is 0 Å². The minimum Gasteiger partial charge on any atom is -0.444 e. The molecule has 2 fully saturated rings. The lowest BCUT2D eigenvalue weighted by Crippen LogP contribution is -2.44. The van der Waals surface area contributed by atoms with E-state index in [1.807, 2.05) is 57.4 Å². The number of amides is 1. The lowest BCUT2D eigenvalue weighted by Gasteiger charge is -2.30. The van der Waals surface area contributed by atoms with Crippen molar-refractivity contribution in [1.29, 1.82) is 0 Å². The molecule has 1 aromatic carbocycles. The van der Waals surface area contributed by atoms with E-state index in [0.29, 0.717) is 29.9 Å². The molecule has 12 nitrogen and oxygen atoms in total. The van der Waals surface area contributed by atoms with Crippen molar-refractivity contribution in [2.45, 2.75) is 103 Å². The molecule has 234 valence electrons. The quantitative estimate of drug-likeness (QED) is 0.334. The van der Waals surface area contributed by atoms with Gasteiger partial charge in [0.25, 0.3) is 0 Å². The number of aromatic nitrogens is 4. The van der Waals surface area contributed by atoms with Gasteiger partial charge < -0.3 is 34.9 Å². The minimum atomic E-state index is -0.756. The van der Waals surface area contributed by atoms with Crippen LogP contribution in [0.2, 0.25) is 0 Å². The van der Waals surface area contributed by atoms with Crippen molar-refractivity contribution in [3.05, 3.63) is 48.5 Å². The summed E-state index contributed by atoms with van der Waals surface area (Å²) in [5.74, 6) is -0.439. The molecular weight excluding hydrogens is 550 g/mol. The first-order chi connectivity index (χ1) is 20.4. The molecule has 2 aliphatic rings. The molecule has 0 radical (unpaired) electrons. The van der Waals surface area contributed by atoms with Crippen LogP contribution in [0.1, 0.15) is 66.2 Å². The Morgan fingerprint density at radius 2 is 1.88 bits per heavy atom. The van der Waals surface area contributed by atoms with Crippen LogP contribution in [0.4, 0.5) is 10.6 Å². The van der Waals surface area contributed by atoms with Gasteiger partial charge in [-0.1, -0.05) is 37.3 Å². The summed E-state index contributed by atoms with van der Waals surface area (Å²) < 4.78 is 26.8. The zero-order chi connectivity index (χ0) is 30.8. The van der Waals surface area contributed by atoms with Crippen LogP contribution >= 0.6 is 0 Å². The van der Waals surface area contributed by atoms with E-state index < -0.39 is 23.7 Å². The van der Waals surface area contributed by atoms with Gasteiger partial charge in [0, 0.05) is 19.1 Å². The maximum atomic E-state index is 12.7. The molecule has 0 unspecified atom stereocenters. The van der Waals surface area contributed by atoms with Crippen LogP contribution in [0.5, 0.6) is 0 Å². The van der Waals surface area contributed by atoms with E-state index in [0.717, 1.165) is 31.5 Å². The third-order valence-corrected chi connectivity index (χ3v) is 7.60. The van der Waals surface area contributed by atoms with Crippen LogP contribution in [0.25, 0.3) is 11.2 Å². The number of fused-ring (bicyclic) bond motifs is 2. The van der Waals surface area contributed by atoms with E-state index in [9.17, 15) is 4.79 Å². The van der Waals surface area contributed by atoms with Crippen LogP contribution in [0.3, 0.4) is 0 Å². The number of anilines is 1. The molecule has 3 N–H and O–H groups in total. The molecule has 2 aromatic heterocycles. The van der Waals surface area contributed by atoms with Crippen molar-refractivity contribution in [2.75, 3.05) is 25.4 Å². The molecule has 1 amide bonds. The number of nitrogens with zero attached hydrogens (tertiary/aromatic N) is 5. The number of ether oxygens (including phenoxy) is 4. The highest BCUT2D eigenvalue weighted by atomic mass is 16.8. The number of nitrogen functional groups attached to an aromatic ring is 1. The number of imidazole rings is 1. The molecule has 5 rings (SSSR count). The van der Waals surface area contributed by atoms with Gasteiger partial charge in [-0.3, -0.25) is 4.57 Å². The summed E-state index contributed by atoms with van der Waals surface area (Å²) in [6.07, 6.45) is 3.73. The SMILES string of the molecule is CCCN(CC[C@@H](Cc1ccccc1)NC(=O)OC(C)(C)C)C[C@H]1O[C@@H](n2cnc3c(N)ncnc32)[C@@H]2OC(C)(C)O[C@@H]21. The van der Waals surface area contributed by atoms with E-state index in [2.05, 4.69) is 44.2 Å². The van der Waals surface area contributed by atoms with Gasteiger partial charge in [-0.05, 0) is 66.0 Å². The van der Waals surface area contributed by atoms with E-state index >= 15 is 0 Å². The van der Waals surface area contributed by atoms with Crippen LogP contribution in [0, 0.1) is 0 Å². The normalized spacial score (nSPS) is 23.9. The topological polar surface area (TPSA) is 139 Å². The molecule has 2 saturated heterocycles. The number of alkyl carbamates (subject to hydrolysis) is 1. The highest BCUT2D eigenvalue weighted by Gasteiger charge is 2.56. The first kappa shape index (κ1) is 31.1. The second-order valence-corrected chi connectivity index (χ2v) is 12.8. The van der Waals surface area contributed by atoms with E-state index in [4.69, 9.17) is 24.7 Å². The molecule has 43 heavy (non-hydrogen) atoms. The Balaban J connectivity index is 1.31. The third kappa shape index (κ3) is 7.61. The fourth-order valence-electron chi connectivity index (χ4n) is 5.89. The molecule has 12 heteroatoms. The smallest absolute Gasteiger partial charge is 0.407 e. The molecule has 0 bridgehead atoms. The van der Waals surface area contributed by atoms with Crippen LogP contribution < -0.4 is 11.1 Å². The lowest BCUT2D eigenvalue weighted by atomic mass is 10.0. The van der Waals surface area contributed by atoms with Gasteiger partial charge in [-0.25, -0.2) is 19.7 Å². The summed E-state index contributed by atoms with van der Waals surface area (Å²) in [5.41, 5.74) is 7.75. The maximum absolute atomic E-state index is 12.7. The fraction of sp³-hybridized carbons (Fsp3) is 0.613. The monoisotopic (exact) mass is 595 g/mol. The molecular formula is C31H45N7O5. The van der Waals surface area contributed by atoms with Crippen LogP contribution in [0.15, 0.2) is 43.0 Å². The Morgan fingerprint density at radius 1 is 1.14 bits per heavy atom. The van der Waals surface area contributed by atoms with Crippen molar-refractivity contribution in [1.82, 2.24) is 29.7 Å². The van der Waals surface area contributed by atoms with Crippen LogP contribution in [-0.4, -0.2) is 85.9 Å². The van der Waals surface area contributed by atoms with Gasteiger partial charge in [0.1, 0.15) is 35.8 Å². The Hall–Kier alpha value is -3.32. The zero-order valence-electron chi connectivity index (χ0n) is 26.0. The first-order valence-corrected chi connectivity index (χ1v) is 15.1. The van der Waals surface area contributed by atoms with Crippen molar-refractivity contribution in [3.8, 4) is 0 Å². The Bertz CT molecular complexity index is 1380. The summed E-state index contributed by atoms with van der Waals surface area (Å²) >= 11 is 0. The highest BCUT2D eigenvalue weighted by molar-refractivity contribution is 5.81. The van der Waals surface area contributed by atoms with Gasteiger partial charge in [0.05, 0.1) is 6.33 Å². The van der Waals surface area contributed by atoms with E-state index in [-0.39, 0.29) is 24.4 Å².